The lowest BCUT2D eigenvalue weighted by Crippen LogP contribution is -2.39. The van der Waals surface area contributed by atoms with Gasteiger partial charge in [0.1, 0.15) is 0 Å². The largest absolute Gasteiger partial charge is 0.393 e. The minimum absolute atomic E-state index is 0.0370. The van der Waals surface area contributed by atoms with Crippen LogP contribution in [-0.2, 0) is 0 Å². The summed E-state index contributed by atoms with van der Waals surface area (Å²) in [5.74, 6) is 21.0. The fourth-order valence-corrected chi connectivity index (χ4v) is 20.6. The summed E-state index contributed by atoms with van der Waals surface area (Å²) in [6.45, 7) is 71.9. The van der Waals surface area contributed by atoms with E-state index in [1.54, 1.807) is 0 Å². The van der Waals surface area contributed by atoms with Crippen molar-refractivity contribution in [2.45, 2.75) is 373 Å². The van der Waals surface area contributed by atoms with Gasteiger partial charge in [-0.1, -0.05) is 222 Å². The molecule has 8 saturated carbocycles. The minimum Gasteiger partial charge on any atom is -0.393 e. The first-order valence-electron chi connectivity index (χ1n) is 41.7. The quantitative estimate of drug-likeness (QED) is 0.119. The number of rotatable bonds is 8. The van der Waals surface area contributed by atoms with Crippen molar-refractivity contribution in [3.8, 4) is 0 Å². The predicted molar refractivity (Wildman–Crippen MR) is 415 cm³/mol. The number of aliphatic hydroxyl groups is 8. The Labute approximate surface area is 600 Å². The second-order valence-electron chi connectivity index (χ2n) is 39.0. The van der Waals surface area contributed by atoms with Gasteiger partial charge in [0.05, 0.1) is 48.8 Å². The molecule has 96 heavy (non-hydrogen) atoms. The van der Waals surface area contributed by atoms with Crippen LogP contribution in [0.1, 0.15) is 324 Å². The fourth-order valence-electron chi connectivity index (χ4n) is 20.6. The standard InChI is InChI=1S/8C11H22O/c1-7(2)10-5-9(4)11(12)6-8(10)3;1-7(2)11-8(3)5-10(12)6-9(11)4;1-7(2)10-5-8(3)11(12)9(4)6-10;1-7(2)10-5-8(3)9(4)6-11(10)12;1-7(2)10-6-8(3)5-9(4)11(10)12;1-7(2)10-5-6-11(12)9(4)8(10)3;1-7(2)10-6-5-8(3)9(4)11(10)12;1-7(2)10-8(3)5-6-9(4)11(10)12/h8*7-12H,5-6H2,1-4H3. The number of hydrogen-bond acceptors (Lipinski definition) is 8. The zero-order valence-corrected chi connectivity index (χ0v) is 70.0. The Morgan fingerprint density at radius 3 is 1.07 bits per heavy atom. The summed E-state index contributed by atoms with van der Waals surface area (Å²) in [6.07, 6.45) is 18.1. The molecule has 0 aromatic heterocycles. The third-order valence-corrected chi connectivity index (χ3v) is 28.2. The van der Waals surface area contributed by atoms with Gasteiger partial charge < -0.3 is 40.9 Å². The highest BCUT2D eigenvalue weighted by Crippen LogP contribution is 2.44. The Hall–Kier alpha value is -0.320. The Morgan fingerprint density at radius 2 is 0.625 bits per heavy atom. The lowest BCUT2D eigenvalue weighted by molar-refractivity contribution is -0.0242. The monoisotopic (exact) mass is 1360 g/mol. The lowest BCUT2D eigenvalue weighted by Gasteiger charge is -2.40. The van der Waals surface area contributed by atoms with Gasteiger partial charge in [-0.15, -0.1) is 0 Å². The van der Waals surface area contributed by atoms with Gasteiger partial charge in [-0.05, 0) is 292 Å². The van der Waals surface area contributed by atoms with Crippen molar-refractivity contribution in [1.82, 2.24) is 0 Å². The molecule has 0 aromatic rings. The molecule has 0 saturated heterocycles. The van der Waals surface area contributed by atoms with E-state index in [1.807, 2.05) is 0 Å². The van der Waals surface area contributed by atoms with Crippen LogP contribution in [0, 0.1) is 189 Å². The smallest absolute Gasteiger partial charge is 0.0598 e. The second kappa shape index (κ2) is 45.1. The summed E-state index contributed by atoms with van der Waals surface area (Å²) in [7, 11) is 0. The first kappa shape index (κ1) is 93.7. The Morgan fingerprint density at radius 1 is 0.208 bits per heavy atom. The van der Waals surface area contributed by atoms with Crippen molar-refractivity contribution in [3.63, 3.8) is 0 Å². The maximum absolute atomic E-state index is 9.98. The summed E-state index contributed by atoms with van der Waals surface area (Å²) < 4.78 is 0. The molecule has 0 bridgehead atoms. The zero-order valence-electron chi connectivity index (χ0n) is 70.0. The van der Waals surface area contributed by atoms with E-state index >= 15 is 0 Å². The Balaban J connectivity index is 0.000000549. The van der Waals surface area contributed by atoms with Crippen LogP contribution in [0.2, 0.25) is 0 Å². The van der Waals surface area contributed by atoms with Crippen molar-refractivity contribution < 1.29 is 40.9 Å². The van der Waals surface area contributed by atoms with Gasteiger partial charge in [-0.3, -0.25) is 0 Å². The van der Waals surface area contributed by atoms with E-state index in [2.05, 4.69) is 222 Å². The van der Waals surface area contributed by atoms with Gasteiger partial charge in [-0.25, -0.2) is 0 Å². The highest BCUT2D eigenvalue weighted by molar-refractivity contribution is 4.90. The number of aliphatic hydroxyl groups excluding tert-OH is 8. The van der Waals surface area contributed by atoms with E-state index in [0.717, 1.165) is 91.3 Å². The Kier molecular flexibility index (Phi) is 44.0. The average molecular weight is 1360 g/mol. The molecule has 8 aliphatic carbocycles. The van der Waals surface area contributed by atoms with Gasteiger partial charge in [0.2, 0.25) is 0 Å². The maximum Gasteiger partial charge on any atom is 0.0598 e. The van der Waals surface area contributed by atoms with E-state index in [9.17, 15) is 40.9 Å². The summed E-state index contributed by atoms with van der Waals surface area (Å²) in [5.41, 5.74) is 0. The molecule has 8 rings (SSSR count). The molecule has 576 valence electrons. The zero-order chi connectivity index (χ0) is 74.4. The van der Waals surface area contributed by atoms with Crippen molar-refractivity contribution in [2.24, 2.45) is 189 Å². The van der Waals surface area contributed by atoms with Crippen LogP contribution in [-0.4, -0.2) is 89.7 Å². The van der Waals surface area contributed by atoms with E-state index in [0.29, 0.717) is 130 Å². The van der Waals surface area contributed by atoms with Crippen LogP contribution in [0.15, 0.2) is 0 Å². The molecule has 8 aliphatic rings. The summed E-state index contributed by atoms with van der Waals surface area (Å²) >= 11 is 0. The molecule has 0 aliphatic heterocycles. The van der Waals surface area contributed by atoms with E-state index in [4.69, 9.17) is 0 Å². The fraction of sp³-hybridized carbons (Fsp3) is 1.00. The highest BCUT2D eigenvalue weighted by Gasteiger charge is 2.40. The van der Waals surface area contributed by atoms with Crippen LogP contribution >= 0.6 is 0 Å². The molecule has 8 nitrogen and oxygen atoms in total. The van der Waals surface area contributed by atoms with Crippen LogP contribution < -0.4 is 0 Å². The van der Waals surface area contributed by atoms with Crippen molar-refractivity contribution in [1.29, 1.82) is 0 Å². The SMILES string of the molecule is CC(C)C1C(C)CC(O)CC1C.CC(C)C1C(C)CCC(C)C1O.CC(C)C1CC(C)C(C)CC1O.CC(C)C1CC(C)C(O)C(C)C1.CC(C)C1CC(C)C(O)CC1C.CC(C)C1CCC(C)C(C)C1O.CC(C)C1CCC(O)C(C)C1C.CC1CC(C)C(O)C(C(C)C)C1. The normalized spacial score (nSPS) is 43.5. The van der Waals surface area contributed by atoms with Crippen LogP contribution in [0.5, 0.6) is 0 Å². The predicted octanol–water partition coefficient (Wildman–Crippen LogP) is 21.5. The maximum atomic E-state index is 9.98. The molecule has 0 radical (unpaired) electrons. The Bertz CT molecular complexity index is 1850. The van der Waals surface area contributed by atoms with Crippen molar-refractivity contribution in [3.05, 3.63) is 0 Å². The molecule has 0 aromatic carbocycles. The van der Waals surface area contributed by atoms with E-state index in [1.165, 1.54) is 70.6 Å². The van der Waals surface area contributed by atoms with Crippen molar-refractivity contribution >= 4 is 0 Å². The lowest BCUT2D eigenvalue weighted by atomic mass is 9.68. The van der Waals surface area contributed by atoms with Gasteiger partial charge in [-0.2, -0.15) is 0 Å². The summed E-state index contributed by atoms with van der Waals surface area (Å²) in [6, 6.07) is 0. The third-order valence-electron chi connectivity index (χ3n) is 28.2. The molecule has 28 unspecified atom stereocenters. The highest BCUT2D eigenvalue weighted by atomic mass is 16.3. The molecular formula is C88H176O8. The molecule has 8 N–H and O–H groups in total. The third kappa shape index (κ3) is 30.4. The number of hydrogen-bond donors (Lipinski definition) is 8. The van der Waals surface area contributed by atoms with E-state index in [-0.39, 0.29) is 48.8 Å². The second-order valence-corrected chi connectivity index (χ2v) is 39.0. The minimum atomic E-state index is -0.0613. The van der Waals surface area contributed by atoms with Gasteiger partial charge in [0, 0.05) is 0 Å². The van der Waals surface area contributed by atoms with Crippen LogP contribution in [0.25, 0.3) is 0 Å². The van der Waals surface area contributed by atoms with Crippen molar-refractivity contribution in [2.75, 3.05) is 0 Å². The molecule has 8 heteroatoms. The topological polar surface area (TPSA) is 162 Å². The molecule has 0 heterocycles. The molecule has 0 amide bonds. The molecule has 28 atom stereocenters. The molecule has 8 fully saturated rings. The molecule has 0 spiro atoms. The first-order valence-corrected chi connectivity index (χ1v) is 41.7. The first-order chi connectivity index (χ1) is 44.2. The summed E-state index contributed by atoms with van der Waals surface area (Å²) in [4.78, 5) is 0. The molecular weight excluding hydrogens is 1180 g/mol. The summed E-state index contributed by atoms with van der Waals surface area (Å²) in [5, 5.41) is 78.3. The van der Waals surface area contributed by atoms with E-state index < -0.39 is 0 Å². The van der Waals surface area contributed by atoms with Crippen LogP contribution in [0.3, 0.4) is 0 Å². The van der Waals surface area contributed by atoms with Gasteiger partial charge >= 0.3 is 0 Å². The van der Waals surface area contributed by atoms with Gasteiger partial charge in [0.15, 0.2) is 0 Å². The van der Waals surface area contributed by atoms with Crippen LogP contribution in [0.4, 0.5) is 0 Å². The van der Waals surface area contributed by atoms with Gasteiger partial charge in [0.25, 0.3) is 0 Å². The average Bonchev–Trinajstić information content (AvgIpc) is 1.08.